The van der Waals surface area contributed by atoms with E-state index in [9.17, 15) is 4.79 Å². The molecule has 0 bridgehead atoms. The number of benzene rings is 2. The zero-order chi connectivity index (χ0) is 17.2. The van der Waals surface area contributed by atoms with Crippen molar-refractivity contribution >= 4 is 5.91 Å². The second-order valence-corrected chi connectivity index (χ2v) is 6.26. The summed E-state index contributed by atoms with van der Waals surface area (Å²) in [6, 6.07) is 13.4. The van der Waals surface area contributed by atoms with Crippen molar-refractivity contribution in [3.8, 4) is 17.2 Å². The molecule has 2 aliphatic rings. The van der Waals surface area contributed by atoms with Gasteiger partial charge in [-0.25, -0.2) is 0 Å². The maximum atomic E-state index is 13.1. The van der Waals surface area contributed by atoms with Crippen molar-refractivity contribution in [2.24, 2.45) is 0 Å². The number of amides is 1. The van der Waals surface area contributed by atoms with Crippen LogP contribution in [0.3, 0.4) is 0 Å². The van der Waals surface area contributed by atoms with E-state index >= 15 is 0 Å². The molecule has 1 amide bonds. The van der Waals surface area contributed by atoms with Gasteiger partial charge in [-0.1, -0.05) is 18.2 Å². The molecule has 1 atom stereocenters. The Morgan fingerprint density at radius 3 is 2.76 bits per heavy atom. The lowest BCUT2D eigenvalue weighted by Crippen LogP contribution is -2.31. The quantitative estimate of drug-likeness (QED) is 0.859. The molecule has 5 heteroatoms. The number of fused-ring (bicyclic) bond motifs is 1. The summed E-state index contributed by atoms with van der Waals surface area (Å²) in [6.45, 7) is 1.88. The normalized spacial score (nSPS) is 18.9. The van der Waals surface area contributed by atoms with Crippen LogP contribution in [-0.4, -0.2) is 37.7 Å². The van der Waals surface area contributed by atoms with Gasteiger partial charge in [-0.05, 0) is 42.7 Å². The Kier molecular flexibility index (Phi) is 4.22. The molecule has 4 rings (SSSR count). The minimum Gasteiger partial charge on any atom is -0.496 e. The lowest BCUT2D eigenvalue weighted by Gasteiger charge is -2.27. The van der Waals surface area contributed by atoms with E-state index in [1.807, 2.05) is 47.4 Å². The first-order valence-corrected chi connectivity index (χ1v) is 8.61. The van der Waals surface area contributed by atoms with Crippen LogP contribution in [-0.2, 0) is 0 Å². The van der Waals surface area contributed by atoms with E-state index < -0.39 is 0 Å². The number of rotatable bonds is 3. The number of carbonyl (C=O) groups is 1. The molecule has 25 heavy (non-hydrogen) atoms. The third-order valence-corrected chi connectivity index (χ3v) is 4.80. The van der Waals surface area contributed by atoms with Crippen molar-refractivity contribution in [2.75, 3.05) is 26.9 Å². The van der Waals surface area contributed by atoms with Crippen molar-refractivity contribution in [1.29, 1.82) is 0 Å². The Bertz CT molecular complexity index is 789. The smallest absolute Gasteiger partial charge is 0.258 e. The second-order valence-electron chi connectivity index (χ2n) is 6.26. The molecule has 0 N–H and O–H groups in total. The highest BCUT2D eigenvalue weighted by atomic mass is 16.6. The fraction of sp³-hybridized carbons (Fsp3) is 0.350. The van der Waals surface area contributed by atoms with Gasteiger partial charge in [0.15, 0.2) is 11.5 Å². The molecule has 1 saturated heterocycles. The Morgan fingerprint density at radius 1 is 1.12 bits per heavy atom. The van der Waals surface area contributed by atoms with Crippen LogP contribution in [0.2, 0.25) is 0 Å². The molecular formula is C20H21NO4. The number of carbonyl (C=O) groups excluding carboxylic acids is 1. The molecule has 1 unspecified atom stereocenters. The number of hydrogen-bond acceptors (Lipinski definition) is 4. The first-order chi connectivity index (χ1) is 12.3. The highest BCUT2D eigenvalue weighted by molar-refractivity contribution is 5.97. The van der Waals surface area contributed by atoms with Crippen molar-refractivity contribution in [3.05, 3.63) is 53.6 Å². The monoisotopic (exact) mass is 339 g/mol. The zero-order valence-corrected chi connectivity index (χ0v) is 14.2. The van der Waals surface area contributed by atoms with Crippen LogP contribution in [0.1, 0.15) is 34.8 Å². The zero-order valence-electron chi connectivity index (χ0n) is 14.2. The fourth-order valence-corrected chi connectivity index (χ4v) is 3.60. The van der Waals surface area contributed by atoms with Crippen LogP contribution in [0.15, 0.2) is 42.5 Å². The van der Waals surface area contributed by atoms with Gasteiger partial charge in [0.2, 0.25) is 0 Å². The molecule has 0 spiro atoms. The van der Waals surface area contributed by atoms with Gasteiger partial charge < -0.3 is 19.1 Å². The van der Waals surface area contributed by atoms with Gasteiger partial charge in [-0.2, -0.15) is 0 Å². The van der Waals surface area contributed by atoms with E-state index in [-0.39, 0.29) is 11.9 Å². The molecule has 0 saturated carbocycles. The lowest BCUT2D eigenvalue weighted by atomic mass is 10.0. The molecule has 1 fully saturated rings. The SMILES string of the molecule is COc1ccccc1C(=O)N1CCCC1c1ccc2c(c1)OCCO2. The van der Waals surface area contributed by atoms with Crippen LogP contribution in [0.4, 0.5) is 0 Å². The summed E-state index contributed by atoms with van der Waals surface area (Å²) < 4.78 is 16.6. The molecule has 2 heterocycles. The largest absolute Gasteiger partial charge is 0.496 e. The Morgan fingerprint density at radius 2 is 1.92 bits per heavy atom. The van der Waals surface area contributed by atoms with Crippen LogP contribution < -0.4 is 14.2 Å². The highest BCUT2D eigenvalue weighted by Crippen LogP contribution is 2.39. The number of methoxy groups -OCH3 is 1. The Hall–Kier alpha value is -2.69. The minimum atomic E-state index is 0.00911. The number of para-hydroxylation sites is 1. The number of ether oxygens (including phenoxy) is 3. The predicted octanol–water partition coefficient (Wildman–Crippen LogP) is 3.44. The number of likely N-dealkylation sites (tertiary alicyclic amines) is 1. The Balaban J connectivity index is 1.63. The number of hydrogen-bond donors (Lipinski definition) is 0. The van der Waals surface area contributed by atoms with Gasteiger partial charge in [-0.15, -0.1) is 0 Å². The van der Waals surface area contributed by atoms with E-state index in [2.05, 4.69) is 0 Å². The summed E-state index contributed by atoms with van der Waals surface area (Å²) in [4.78, 5) is 15.0. The van der Waals surface area contributed by atoms with Crippen molar-refractivity contribution in [1.82, 2.24) is 4.90 Å². The van der Waals surface area contributed by atoms with E-state index in [4.69, 9.17) is 14.2 Å². The first kappa shape index (κ1) is 15.8. The maximum absolute atomic E-state index is 13.1. The standard InChI is InChI=1S/C20H21NO4/c1-23-17-7-3-2-5-15(17)20(22)21-10-4-6-16(21)14-8-9-18-19(13-14)25-12-11-24-18/h2-3,5,7-9,13,16H,4,6,10-12H2,1H3. The predicted molar refractivity (Wildman–Crippen MR) is 93.4 cm³/mol. The van der Waals surface area contributed by atoms with Gasteiger partial charge in [0.05, 0.1) is 18.7 Å². The lowest BCUT2D eigenvalue weighted by molar-refractivity contribution is 0.0731. The molecule has 0 aromatic heterocycles. The molecule has 5 nitrogen and oxygen atoms in total. The van der Waals surface area contributed by atoms with Crippen LogP contribution in [0.25, 0.3) is 0 Å². The Labute approximate surface area is 147 Å². The summed E-state index contributed by atoms with van der Waals surface area (Å²) >= 11 is 0. The highest BCUT2D eigenvalue weighted by Gasteiger charge is 2.32. The average molecular weight is 339 g/mol. The molecule has 0 aliphatic carbocycles. The van der Waals surface area contributed by atoms with E-state index in [1.165, 1.54) is 0 Å². The maximum Gasteiger partial charge on any atom is 0.258 e. The molecule has 2 aromatic carbocycles. The van der Waals surface area contributed by atoms with Crippen molar-refractivity contribution < 1.29 is 19.0 Å². The molecule has 0 radical (unpaired) electrons. The molecular weight excluding hydrogens is 318 g/mol. The van der Waals surface area contributed by atoms with Crippen molar-refractivity contribution in [2.45, 2.75) is 18.9 Å². The van der Waals surface area contributed by atoms with Gasteiger partial charge in [-0.3, -0.25) is 4.79 Å². The minimum absolute atomic E-state index is 0.00911. The summed E-state index contributed by atoms with van der Waals surface area (Å²) in [5.41, 5.74) is 1.69. The number of nitrogens with zero attached hydrogens (tertiary/aromatic N) is 1. The van der Waals surface area contributed by atoms with Gasteiger partial charge in [0.1, 0.15) is 19.0 Å². The van der Waals surface area contributed by atoms with Crippen molar-refractivity contribution in [3.63, 3.8) is 0 Å². The first-order valence-electron chi connectivity index (χ1n) is 8.61. The molecule has 130 valence electrons. The summed E-state index contributed by atoms with van der Waals surface area (Å²) in [6.07, 6.45) is 1.93. The summed E-state index contributed by atoms with van der Waals surface area (Å²) in [5, 5.41) is 0. The average Bonchev–Trinajstić information content (AvgIpc) is 3.16. The van der Waals surface area contributed by atoms with Crippen LogP contribution >= 0.6 is 0 Å². The molecule has 2 aromatic rings. The van der Waals surface area contributed by atoms with Gasteiger partial charge in [0.25, 0.3) is 5.91 Å². The third kappa shape index (κ3) is 2.90. The van der Waals surface area contributed by atoms with Gasteiger partial charge in [0, 0.05) is 6.54 Å². The van der Waals surface area contributed by atoms with Crippen LogP contribution in [0.5, 0.6) is 17.2 Å². The van der Waals surface area contributed by atoms with Gasteiger partial charge >= 0.3 is 0 Å². The van der Waals surface area contributed by atoms with E-state index in [1.54, 1.807) is 7.11 Å². The van der Waals surface area contributed by atoms with E-state index in [0.29, 0.717) is 24.5 Å². The van der Waals surface area contributed by atoms with E-state index in [0.717, 1.165) is 36.4 Å². The fourth-order valence-electron chi connectivity index (χ4n) is 3.60. The topological polar surface area (TPSA) is 48.0 Å². The third-order valence-electron chi connectivity index (χ3n) is 4.80. The summed E-state index contributed by atoms with van der Waals surface area (Å²) in [7, 11) is 1.59. The second kappa shape index (κ2) is 6.67. The van der Waals surface area contributed by atoms with Crippen LogP contribution in [0, 0.1) is 0 Å². The summed E-state index contributed by atoms with van der Waals surface area (Å²) in [5.74, 6) is 2.16. The molecule has 2 aliphatic heterocycles.